The van der Waals surface area contributed by atoms with Gasteiger partial charge in [-0.05, 0) is 36.6 Å². The van der Waals surface area contributed by atoms with Gasteiger partial charge in [-0.2, -0.15) is 0 Å². The Morgan fingerprint density at radius 2 is 2.04 bits per heavy atom. The maximum Gasteiger partial charge on any atom is 0.191 e. The van der Waals surface area contributed by atoms with Crippen molar-refractivity contribution < 1.29 is 13.2 Å². The maximum absolute atomic E-state index is 12.2. The van der Waals surface area contributed by atoms with E-state index in [4.69, 9.17) is 11.6 Å². The average molecular weight is 400 g/mol. The minimum Gasteiger partial charge on any atom is -0.309 e. The minimum atomic E-state index is -2.89. The van der Waals surface area contributed by atoms with Crippen molar-refractivity contribution in [1.29, 1.82) is 0 Å². The smallest absolute Gasteiger partial charge is 0.191 e. The number of nitrogens with zero attached hydrogens (tertiary/aromatic N) is 3. The van der Waals surface area contributed by atoms with E-state index in [1.54, 1.807) is 24.3 Å². The summed E-state index contributed by atoms with van der Waals surface area (Å²) in [7, 11) is -1.05. The number of benzene rings is 1. The van der Waals surface area contributed by atoms with E-state index in [9.17, 15) is 13.2 Å². The molecule has 1 unspecified atom stereocenters. The Bertz CT molecular complexity index is 879. The lowest BCUT2D eigenvalue weighted by molar-refractivity contribution is 0.102. The highest BCUT2D eigenvalue weighted by atomic mass is 35.5. The number of ketones is 1. The number of aromatic nitrogens is 3. The van der Waals surface area contributed by atoms with Gasteiger partial charge in [0.1, 0.15) is 5.82 Å². The standard InChI is InChI=1S/C16H18ClN3O3S2/c1-20-15(8-11-6-7-25(22,23)10-11)18-19-16(20)24-9-14(21)12-2-4-13(17)5-3-12/h2-5,11H,6-10H2,1H3. The van der Waals surface area contributed by atoms with Crippen LogP contribution in [-0.4, -0.2) is 46.2 Å². The molecule has 1 aliphatic rings. The van der Waals surface area contributed by atoms with Gasteiger partial charge < -0.3 is 4.57 Å². The SMILES string of the molecule is Cn1c(CC2CCS(=O)(=O)C2)nnc1SCC(=O)c1ccc(Cl)cc1. The summed E-state index contributed by atoms with van der Waals surface area (Å²) in [5.41, 5.74) is 0.607. The zero-order valence-electron chi connectivity index (χ0n) is 13.7. The Morgan fingerprint density at radius 3 is 2.68 bits per heavy atom. The summed E-state index contributed by atoms with van der Waals surface area (Å²) in [6, 6.07) is 6.78. The molecule has 0 aliphatic carbocycles. The number of hydrogen-bond donors (Lipinski definition) is 0. The predicted octanol–water partition coefficient (Wildman–Crippen LogP) is 2.42. The van der Waals surface area contributed by atoms with E-state index < -0.39 is 9.84 Å². The second-order valence-corrected chi connectivity index (χ2v) is 9.76. The van der Waals surface area contributed by atoms with Crippen molar-refractivity contribution in [3.8, 4) is 0 Å². The van der Waals surface area contributed by atoms with Gasteiger partial charge in [-0.1, -0.05) is 23.4 Å². The summed E-state index contributed by atoms with van der Waals surface area (Å²) >= 11 is 7.15. The third-order valence-electron chi connectivity index (χ3n) is 4.22. The Labute approximate surface area is 155 Å². The molecule has 0 saturated carbocycles. The van der Waals surface area contributed by atoms with Crippen LogP contribution in [0, 0.1) is 5.92 Å². The molecular weight excluding hydrogens is 382 g/mol. The van der Waals surface area contributed by atoms with Gasteiger partial charge in [-0.25, -0.2) is 8.42 Å². The molecule has 0 amide bonds. The van der Waals surface area contributed by atoms with E-state index in [2.05, 4.69) is 10.2 Å². The van der Waals surface area contributed by atoms with Gasteiger partial charge in [-0.3, -0.25) is 4.79 Å². The van der Waals surface area contributed by atoms with Crippen molar-refractivity contribution in [3.05, 3.63) is 40.7 Å². The first-order valence-corrected chi connectivity index (χ1v) is 11.0. The van der Waals surface area contributed by atoms with Crippen molar-refractivity contribution in [2.24, 2.45) is 13.0 Å². The van der Waals surface area contributed by atoms with Gasteiger partial charge in [0.25, 0.3) is 0 Å². The Kier molecular flexibility index (Phi) is 5.50. The second-order valence-electron chi connectivity index (χ2n) is 6.15. The molecule has 0 N–H and O–H groups in total. The van der Waals surface area contributed by atoms with Crippen molar-refractivity contribution in [2.45, 2.75) is 18.0 Å². The molecule has 0 radical (unpaired) electrons. The minimum absolute atomic E-state index is 0.00639. The number of halogens is 1. The molecule has 1 aromatic heterocycles. The van der Waals surface area contributed by atoms with Crippen LogP contribution in [0.15, 0.2) is 29.4 Å². The molecule has 2 aromatic rings. The summed E-state index contributed by atoms with van der Waals surface area (Å²) in [4.78, 5) is 12.2. The Morgan fingerprint density at radius 1 is 1.32 bits per heavy atom. The van der Waals surface area contributed by atoms with Gasteiger partial charge in [0.2, 0.25) is 0 Å². The predicted molar refractivity (Wildman–Crippen MR) is 98.0 cm³/mol. The van der Waals surface area contributed by atoms with Crippen LogP contribution in [0.2, 0.25) is 5.02 Å². The fourth-order valence-corrected chi connectivity index (χ4v) is 5.60. The Balaban J connectivity index is 1.59. The van der Waals surface area contributed by atoms with Crippen molar-refractivity contribution >= 4 is 39.0 Å². The highest BCUT2D eigenvalue weighted by Crippen LogP contribution is 2.24. The molecule has 0 spiro atoms. The topological polar surface area (TPSA) is 81.9 Å². The number of carbonyl (C=O) groups excluding carboxylic acids is 1. The summed E-state index contributed by atoms with van der Waals surface area (Å²) in [5, 5.41) is 9.53. The molecule has 1 aliphatic heterocycles. The summed E-state index contributed by atoms with van der Waals surface area (Å²) in [5.74, 6) is 1.58. The first kappa shape index (κ1) is 18.4. The fourth-order valence-electron chi connectivity index (χ4n) is 2.79. The van der Waals surface area contributed by atoms with Gasteiger partial charge in [-0.15, -0.1) is 10.2 Å². The van der Waals surface area contributed by atoms with Crippen LogP contribution in [-0.2, 0) is 23.3 Å². The number of thioether (sulfide) groups is 1. The third kappa shape index (κ3) is 4.62. The van der Waals surface area contributed by atoms with E-state index in [0.717, 1.165) is 5.82 Å². The molecule has 6 nitrogen and oxygen atoms in total. The zero-order valence-corrected chi connectivity index (χ0v) is 16.1. The molecule has 0 bridgehead atoms. The van der Waals surface area contributed by atoms with Crippen LogP contribution in [0.4, 0.5) is 0 Å². The number of carbonyl (C=O) groups is 1. The molecule has 1 aromatic carbocycles. The van der Waals surface area contributed by atoms with Crippen LogP contribution in [0.1, 0.15) is 22.6 Å². The summed E-state index contributed by atoms with van der Waals surface area (Å²) in [6.07, 6.45) is 1.27. The zero-order chi connectivity index (χ0) is 18.0. The van der Waals surface area contributed by atoms with Crippen molar-refractivity contribution in [2.75, 3.05) is 17.3 Å². The van der Waals surface area contributed by atoms with Crippen molar-refractivity contribution in [1.82, 2.24) is 14.8 Å². The molecule has 9 heteroatoms. The molecule has 3 rings (SSSR count). The molecule has 1 saturated heterocycles. The maximum atomic E-state index is 12.2. The first-order chi connectivity index (χ1) is 11.8. The fraction of sp³-hybridized carbons (Fsp3) is 0.438. The van der Waals surface area contributed by atoms with Crippen LogP contribution < -0.4 is 0 Å². The van der Waals surface area contributed by atoms with Gasteiger partial charge in [0, 0.05) is 24.1 Å². The van der Waals surface area contributed by atoms with E-state index in [-0.39, 0.29) is 29.0 Å². The van der Waals surface area contributed by atoms with Crippen LogP contribution in [0.5, 0.6) is 0 Å². The van der Waals surface area contributed by atoms with E-state index in [0.29, 0.717) is 28.6 Å². The normalized spacial score (nSPS) is 19.2. The number of rotatable bonds is 6. The van der Waals surface area contributed by atoms with Gasteiger partial charge in [0.15, 0.2) is 20.8 Å². The quantitative estimate of drug-likeness (QED) is 0.548. The molecule has 1 atom stereocenters. The highest BCUT2D eigenvalue weighted by molar-refractivity contribution is 7.99. The largest absolute Gasteiger partial charge is 0.309 e. The van der Waals surface area contributed by atoms with Crippen molar-refractivity contribution in [3.63, 3.8) is 0 Å². The van der Waals surface area contributed by atoms with E-state index >= 15 is 0 Å². The van der Waals surface area contributed by atoms with Gasteiger partial charge in [0.05, 0.1) is 17.3 Å². The lowest BCUT2D eigenvalue weighted by Gasteiger charge is -2.07. The summed E-state index contributed by atoms with van der Waals surface area (Å²) in [6.45, 7) is 0. The third-order valence-corrected chi connectivity index (χ3v) is 7.33. The lowest BCUT2D eigenvalue weighted by Crippen LogP contribution is -2.11. The number of Topliss-reactive ketones (excluding diaryl/α,β-unsaturated/α-hetero) is 1. The van der Waals surface area contributed by atoms with Gasteiger partial charge >= 0.3 is 0 Å². The molecule has 2 heterocycles. The molecule has 25 heavy (non-hydrogen) atoms. The summed E-state index contributed by atoms with van der Waals surface area (Å²) < 4.78 is 25.0. The molecular formula is C16H18ClN3O3S2. The highest BCUT2D eigenvalue weighted by Gasteiger charge is 2.29. The van der Waals surface area contributed by atoms with Crippen LogP contribution >= 0.6 is 23.4 Å². The van der Waals surface area contributed by atoms with Crippen LogP contribution in [0.25, 0.3) is 0 Å². The van der Waals surface area contributed by atoms with Crippen LogP contribution in [0.3, 0.4) is 0 Å². The first-order valence-electron chi connectivity index (χ1n) is 7.84. The number of sulfone groups is 1. The average Bonchev–Trinajstić information content (AvgIpc) is 3.09. The van der Waals surface area contributed by atoms with E-state index in [1.165, 1.54) is 11.8 Å². The monoisotopic (exact) mass is 399 g/mol. The second kappa shape index (κ2) is 7.47. The van der Waals surface area contributed by atoms with E-state index in [1.807, 2.05) is 11.6 Å². The number of hydrogen-bond acceptors (Lipinski definition) is 6. The molecule has 1 fully saturated rings. The lowest BCUT2D eigenvalue weighted by atomic mass is 10.1. The Hall–Kier alpha value is -1.38. The molecule has 134 valence electrons.